The van der Waals surface area contributed by atoms with Crippen LogP contribution in [0, 0.1) is 0 Å². The highest BCUT2D eigenvalue weighted by molar-refractivity contribution is 9.11. The number of nitrogens with zero attached hydrogens (tertiary/aromatic N) is 8. The Bertz CT molecular complexity index is 6550. The number of amides is 5. The number of aromatic nitrogens is 5. The van der Waals surface area contributed by atoms with Crippen molar-refractivity contribution in [1.29, 1.82) is 0 Å². The summed E-state index contributed by atoms with van der Waals surface area (Å²) in [6, 6.07) is 66.6. The van der Waals surface area contributed by atoms with Gasteiger partial charge in [0.2, 0.25) is 29.5 Å². The minimum atomic E-state index is -3.39. The molecule has 0 spiro atoms. The van der Waals surface area contributed by atoms with Crippen LogP contribution in [0.1, 0.15) is 210 Å². The first-order valence-electron chi connectivity index (χ1n) is 48.8. The minimum absolute atomic E-state index is 0.0150. The third kappa shape index (κ3) is 29.3. The number of aromatic carboxylic acids is 1. The highest BCUT2D eigenvalue weighted by Gasteiger charge is 2.55. The molecule has 0 radical (unpaired) electrons. The van der Waals surface area contributed by atoms with Crippen LogP contribution in [-0.4, -0.2) is 176 Å². The van der Waals surface area contributed by atoms with Crippen LogP contribution in [0.15, 0.2) is 251 Å². The second-order valence-electron chi connectivity index (χ2n) is 41.5. The number of ether oxygens (including phenoxy) is 5. The number of carboxylic acid groups (broad SMARTS) is 1. The van der Waals surface area contributed by atoms with Crippen molar-refractivity contribution in [2.45, 2.75) is 217 Å². The Hall–Kier alpha value is -11.3. The number of fused-ring (bicyclic) bond motifs is 5. The predicted octanol–water partition coefficient (Wildman–Crippen LogP) is 23.7. The lowest BCUT2D eigenvalue weighted by Gasteiger charge is -2.31. The Morgan fingerprint density at radius 1 is 0.408 bits per heavy atom. The molecule has 1 unspecified atom stereocenters. The molecule has 0 fully saturated rings. The van der Waals surface area contributed by atoms with E-state index in [1.807, 2.05) is 201 Å². The van der Waals surface area contributed by atoms with Crippen molar-refractivity contribution in [1.82, 2.24) is 24.9 Å². The Balaban J connectivity index is 0.000000179. The molecule has 0 saturated heterocycles. The van der Waals surface area contributed by atoms with Gasteiger partial charge in [-0.2, -0.15) is 8.42 Å². The van der Waals surface area contributed by atoms with Gasteiger partial charge in [-0.15, -0.1) is 0 Å². The van der Waals surface area contributed by atoms with Crippen molar-refractivity contribution < 1.29 is 84.9 Å². The zero-order chi connectivity index (χ0) is 108. The van der Waals surface area contributed by atoms with Crippen LogP contribution < -0.4 is 25.3 Å². The number of carboxylic acids is 1. The summed E-state index contributed by atoms with van der Waals surface area (Å²) in [6.07, 6.45) is 8.73. The number of aliphatic hydroxyl groups is 1. The van der Waals surface area contributed by atoms with E-state index in [4.69, 9.17) is 38.1 Å². The Labute approximate surface area is 892 Å². The summed E-state index contributed by atoms with van der Waals surface area (Å²) in [6.45, 7) is 45.0. The van der Waals surface area contributed by atoms with Gasteiger partial charge in [0.1, 0.15) is 49.3 Å². The summed E-state index contributed by atoms with van der Waals surface area (Å²) < 4.78 is 56.5. The summed E-state index contributed by atoms with van der Waals surface area (Å²) in [4.78, 5) is 126. The lowest BCUT2D eigenvalue weighted by atomic mass is 9.71. The van der Waals surface area contributed by atoms with Crippen LogP contribution >= 0.6 is 47.8 Å². The van der Waals surface area contributed by atoms with Crippen molar-refractivity contribution in [2.75, 3.05) is 85.8 Å². The molecule has 11 aromatic rings. The molecular weight excluding hydrogens is 2130 g/mol. The zero-order valence-electron chi connectivity index (χ0n) is 88.0. The molecule has 0 bridgehead atoms. The van der Waals surface area contributed by atoms with Crippen molar-refractivity contribution in [3.05, 3.63) is 329 Å². The Morgan fingerprint density at radius 3 is 1.03 bits per heavy atom. The van der Waals surface area contributed by atoms with Crippen molar-refractivity contribution in [3.8, 4) is 0 Å². The topological polar surface area (TPSA) is 365 Å². The molecule has 5 aliphatic rings. The zero-order valence-corrected chi connectivity index (χ0v) is 96.5. The number of carbonyl (C=O) groups is 8. The number of rotatable bonds is 30. The standard InChI is InChI=1S/C24H32N2O4Si.C22H29BrN2O2Si.C18H18N2O3.C17H16N2O3.C14H22N2O2Si.C9H11BrO3S.C8H9BrO/c1-17(18-9-11-19(12-10-18)22(27)29-3)24(2)20-8-7-13-25-21(20)26(23(24)28)16-30-14-15-31(4,5)6;1-16(17-8-10-18(23)11-9-17)22(2)19-7-6-12-24-20(19)25(21(22)26)15-27-13-14-28(3,4)5;1-11(12-6-8-13(9-7-12)16(21)23-3)18(2)14-5-4-10-19-15(14)20-17(18)22;1-10(11-5-7-12(8-6-11)15(20)21)17(2)13-4-3-9-18-14(13)19-16(17)22;1-11-12-6-5-7-15-13(12)16(14(11)17)10-18-8-9-19(2,3)4;1-7(13-14(2,11)12)8-3-5-9(10)6-4-8;1-6(10)7-2-4-8(9)5-3-7/h7-13,17H,14-16H2,1-6H3;6-12,16H,13-15H2,1-5H3;4-11H,1-3H3,(H,19,20,22);3-10H,1-2H3,(H,20,21)(H,18,19,22);5-7,11H,8-10H2,1-4H3;3-7H,1-2H3;2-6,10H,1H3/t17-,24-;16-,22-;11-,18-;10-,17-;;7-;6-/m1111.00/s1. The van der Waals surface area contributed by atoms with E-state index >= 15 is 0 Å². The maximum absolute atomic E-state index is 13.7. The minimum Gasteiger partial charge on any atom is -0.478 e. The highest BCUT2D eigenvalue weighted by atomic mass is 79.9. The lowest BCUT2D eigenvalue weighted by Crippen LogP contribution is -2.42. The van der Waals surface area contributed by atoms with Gasteiger partial charge in [-0.25, -0.2) is 39.3 Å². The first-order valence-corrected chi connectivity index (χ1v) is 64.1. The third-order valence-electron chi connectivity index (χ3n) is 27.7. The fraction of sp³-hybridized carbons (Fsp3) is 0.384. The van der Waals surface area contributed by atoms with Crippen LogP contribution in [0.25, 0.3) is 0 Å². The second kappa shape index (κ2) is 50.8. The number of hydrogen-bond donors (Lipinski definition) is 4. The molecule has 6 aromatic carbocycles. The number of hydrogen-bond acceptors (Lipinski definition) is 22. The number of halogens is 3. The first kappa shape index (κ1) is 118. The first-order chi connectivity index (χ1) is 69.1. The average molecular weight is 2270 g/mol. The van der Waals surface area contributed by atoms with Gasteiger partial charge in [0, 0.05) is 116 Å². The quantitative estimate of drug-likeness (QED) is 0.0141. The fourth-order valence-corrected chi connectivity index (χ4v) is 21.2. The molecule has 5 aliphatic heterocycles. The van der Waals surface area contributed by atoms with Crippen molar-refractivity contribution in [3.63, 3.8) is 0 Å². The smallest absolute Gasteiger partial charge is 0.337 e. The Morgan fingerprint density at radius 2 is 0.701 bits per heavy atom. The molecule has 11 atom stereocenters. The van der Waals surface area contributed by atoms with Gasteiger partial charge < -0.3 is 44.5 Å². The molecule has 16 rings (SSSR count). The SMILES string of the molecule is CC1C(=O)N(COCC[Si](C)(C)C)c2ncccc21.COC(=O)c1ccc([C@@H](C)[C@@]2(C)C(=O)N(COCC[Si](C)(C)C)c3ncccc32)cc1.COC(=O)c1ccc([C@@H](C)[C@@]2(C)C(=O)Nc3ncccc32)cc1.C[C@H](O)c1ccc(Br)cc1.C[C@H](OS(C)(=O)=O)c1ccc(Br)cc1.C[C@H](c1ccc(Br)cc1)[C@@]1(C)C(=O)N(COCC[Si](C)(C)C)c2ncccc21.C[C@H](c1ccc(C(=O)O)cc1)[C@@]1(C)C(=O)Nc2ncccc21. The molecule has 147 heavy (non-hydrogen) atoms. The van der Waals surface area contributed by atoms with Crippen molar-refractivity contribution >= 4 is 159 Å². The van der Waals surface area contributed by atoms with E-state index in [1.165, 1.54) is 14.2 Å². The van der Waals surface area contributed by atoms with E-state index in [0.717, 1.165) is 117 Å². The van der Waals surface area contributed by atoms with E-state index in [9.17, 15) is 46.8 Å². The second-order valence-corrected chi connectivity index (χ2v) is 62.7. The normalized spacial score (nSPS) is 19.0. The molecule has 28 nitrogen and oxygen atoms in total. The largest absolute Gasteiger partial charge is 0.478 e. The summed E-state index contributed by atoms with van der Waals surface area (Å²) in [5.41, 5.74) is 8.77. The number of anilines is 5. The van der Waals surface area contributed by atoms with Gasteiger partial charge in [0.15, 0.2) is 0 Å². The van der Waals surface area contributed by atoms with Gasteiger partial charge in [0.05, 0.1) is 77.0 Å². The Kier molecular flexibility index (Phi) is 40.6. The molecule has 5 aromatic heterocycles. The summed E-state index contributed by atoms with van der Waals surface area (Å²) >= 11 is 10.1. The molecule has 35 heteroatoms. The predicted molar refractivity (Wildman–Crippen MR) is 596 cm³/mol. The molecule has 5 amide bonds. The van der Waals surface area contributed by atoms with E-state index in [2.05, 4.69) is 161 Å². The third-order valence-corrected chi connectivity index (χ3v) is 35.1. The average Bonchev–Trinajstić information content (AvgIpc) is 1.22. The van der Waals surface area contributed by atoms with E-state index < -0.39 is 68.1 Å². The van der Waals surface area contributed by atoms with Gasteiger partial charge in [-0.3, -0.25) is 42.9 Å². The van der Waals surface area contributed by atoms with E-state index in [0.29, 0.717) is 48.5 Å². The number of nitrogens with one attached hydrogen (secondary N) is 2. The van der Waals surface area contributed by atoms with Crippen LogP contribution in [0.2, 0.25) is 77.1 Å². The number of esters is 2. The number of methoxy groups -OCH3 is 2. The summed E-state index contributed by atoms with van der Waals surface area (Å²) in [5, 5.41) is 23.8. The van der Waals surface area contributed by atoms with Gasteiger partial charge in [-0.05, 0) is 227 Å². The monoisotopic (exact) mass is 2260 g/mol. The van der Waals surface area contributed by atoms with Crippen LogP contribution in [-0.2, 0) is 83.6 Å². The molecule has 0 saturated carbocycles. The maximum Gasteiger partial charge on any atom is 0.337 e. The number of benzene rings is 6. The lowest BCUT2D eigenvalue weighted by molar-refractivity contribution is -0.125. The van der Waals surface area contributed by atoms with Crippen LogP contribution in [0.4, 0.5) is 29.1 Å². The van der Waals surface area contributed by atoms with Gasteiger partial charge >= 0.3 is 17.9 Å². The maximum atomic E-state index is 13.7. The fourth-order valence-electron chi connectivity index (χ4n) is 17.5. The summed E-state index contributed by atoms with van der Waals surface area (Å²) in [5.74, 6) is 1.26. The van der Waals surface area contributed by atoms with Gasteiger partial charge in [-0.1, -0.05) is 238 Å². The van der Waals surface area contributed by atoms with Crippen LogP contribution in [0.5, 0.6) is 0 Å². The molecule has 10 heterocycles. The number of aliphatic hydroxyl groups excluding tert-OH is 1. The van der Waals surface area contributed by atoms with Crippen molar-refractivity contribution in [2.24, 2.45) is 0 Å². The van der Waals surface area contributed by atoms with Gasteiger partial charge in [0.25, 0.3) is 10.1 Å². The highest BCUT2D eigenvalue weighted by Crippen LogP contribution is 2.53. The molecule has 4 N–H and O–H groups in total. The molecule has 782 valence electrons. The summed E-state index contributed by atoms with van der Waals surface area (Å²) in [7, 11) is -4.13. The van der Waals surface area contributed by atoms with Crippen LogP contribution in [0.3, 0.4) is 0 Å². The number of carbonyl (C=O) groups excluding carboxylic acids is 7. The van der Waals surface area contributed by atoms with E-state index in [-0.39, 0.29) is 96.2 Å². The number of pyridine rings is 5. The molecule has 0 aliphatic carbocycles. The molecular formula is C112H137Br3N10O18SSi3. The van der Waals surface area contributed by atoms with E-state index in [1.54, 1.807) is 108 Å².